The lowest BCUT2D eigenvalue weighted by atomic mass is 9.92. The van der Waals surface area contributed by atoms with Crippen LogP contribution in [0.5, 0.6) is 5.75 Å². The van der Waals surface area contributed by atoms with Crippen LogP contribution in [0.15, 0.2) is 42.5 Å². The molecule has 1 atom stereocenters. The molecule has 1 amide bonds. The number of anilines is 1. The van der Waals surface area contributed by atoms with E-state index in [-0.39, 0.29) is 12.2 Å². The van der Waals surface area contributed by atoms with Gasteiger partial charge in [0.1, 0.15) is 24.0 Å². The van der Waals surface area contributed by atoms with Crippen LogP contribution in [0.25, 0.3) is 22.2 Å². The summed E-state index contributed by atoms with van der Waals surface area (Å²) in [5.74, 6) is 0.836. The van der Waals surface area contributed by atoms with Crippen LogP contribution in [0.2, 0.25) is 0 Å². The topological polar surface area (TPSA) is 85.5 Å². The van der Waals surface area contributed by atoms with Crippen LogP contribution in [0.3, 0.4) is 0 Å². The summed E-state index contributed by atoms with van der Waals surface area (Å²) < 4.78 is 19.4. The number of amides is 1. The number of ether oxygens (including phenoxy) is 3. The maximum Gasteiger partial charge on any atom is 0.411 e. The molecular weight excluding hydrogens is 454 g/mol. The van der Waals surface area contributed by atoms with Crippen LogP contribution < -0.4 is 10.1 Å². The first-order valence-electron chi connectivity index (χ1n) is 13.0. The Hall–Kier alpha value is -3.50. The molecular formula is C29H33N3O4. The minimum Gasteiger partial charge on any atom is -0.490 e. The van der Waals surface area contributed by atoms with Gasteiger partial charge < -0.3 is 18.8 Å². The average Bonchev–Trinajstić information content (AvgIpc) is 3.17. The normalized spacial score (nSPS) is 17.2. The van der Waals surface area contributed by atoms with Crippen molar-refractivity contribution in [2.75, 3.05) is 18.5 Å². The van der Waals surface area contributed by atoms with E-state index in [9.17, 15) is 10.1 Å². The molecule has 2 fully saturated rings. The molecule has 36 heavy (non-hydrogen) atoms. The van der Waals surface area contributed by atoms with E-state index in [1.807, 2.05) is 50.2 Å². The first kappa shape index (κ1) is 24.2. The van der Waals surface area contributed by atoms with Crippen LogP contribution in [0, 0.1) is 11.3 Å². The standard InChI is InChI=1S/C29H33N3O4/c1-3-19(2)35-29(33)31-21-9-7-20(8-10-21)28-26(18-30)25-12-11-24(36-23-13-15-34-16-14-23)17-27(25)32(28)22-5-4-6-22/h7-12,17,19,22-23H,3-6,13-16H2,1-2H3,(H,31,33)/t19-/m0/s1. The summed E-state index contributed by atoms with van der Waals surface area (Å²) in [6, 6.07) is 16.5. The average molecular weight is 488 g/mol. The number of carbonyl (C=O) groups is 1. The van der Waals surface area contributed by atoms with Crippen LogP contribution in [-0.4, -0.2) is 36.1 Å². The Bertz CT molecular complexity index is 1260. The van der Waals surface area contributed by atoms with Crippen molar-refractivity contribution in [1.82, 2.24) is 4.57 Å². The van der Waals surface area contributed by atoms with Crippen molar-refractivity contribution < 1.29 is 19.0 Å². The Labute approximate surface area is 211 Å². The van der Waals surface area contributed by atoms with Crippen LogP contribution in [-0.2, 0) is 9.47 Å². The smallest absolute Gasteiger partial charge is 0.411 e. The number of nitrogens with zero attached hydrogens (tertiary/aromatic N) is 2. The number of hydrogen-bond donors (Lipinski definition) is 1. The molecule has 1 saturated heterocycles. The summed E-state index contributed by atoms with van der Waals surface area (Å²) in [5, 5.41) is 13.9. The van der Waals surface area contributed by atoms with E-state index in [0.717, 1.165) is 73.2 Å². The van der Waals surface area contributed by atoms with Crippen LogP contribution in [0.1, 0.15) is 64.0 Å². The molecule has 1 aromatic heterocycles. The van der Waals surface area contributed by atoms with E-state index >= 15 is 0 Å². The predicted octanol–water partition coefficient (Wildman–Crippen LogP) is 6.81. The van der Waals surface area contributed by atoms with Gasteiger partial charge in [0.05, 0.1) is 30.0 Å². The molecule has 2 aliphatic rings. The zero-order valence-corrected chi connectivity index (χ0v) is 21.0. The lowest BCUT2D eigenvalue weighted by Crippen LogP contribution is -2.25. The van der Waals surface area contributed by atoms with Crippen molar-refractivity contribution in [3.8, 4) is 23.1 Å². The van der Waals surface area contributed by atoms with Gasteiger partial charge in [-0.1, -0.05) is 19.1 Å². The van der Waals surface area contributed by atoms with Gasteiger partial charge in [0, 0.05) is 36.0 Å². The molecule has 3 aromatic rings. The lowest BCUT2D eigenvalue weighted by molar-refractivity contribution is 0.0256. The van der Waals surface area contributed by atoms with Crippen molar-refractivity contribution in [3.05, 3.63) is 48.0 Å². The minimum absolute atomic E-state index is 0.138. The summed E-state index contributed by atoms with van der Waals surface area (Å²) in [6.45, 7) is 5.30. The molecule has 2 heterocycles. The highest BCUT2D eigenvalue weighted by atomic mass is 16.6. The molecule has 188 valence electrons. The maximum absolute atomic E-state index is 12.1. The maximum atomic E-state index is 12.1. The molecule has 0 spiro atoms. The van der Waals surface area contributed by atoms with E-state index in [2.05, 4.69) is 22.0 Å². The number of carbonyl (C=O) groups excluding carboxylic acids is 1. The third-order valence-corrected chi connectivity index (χ3v) is 7.29. The minimum atomic E-state index is -0.463. The Morgan fingerprint density at radius 1 is 1.17 bits per heavy atom. The van der Waals surface area contributed by atoms with Gasteiger partial charge in [-0.2, -0.15) is 5.26 Å². The van der Waals surface area contributed by atoms with E-state index in [1.165, 1.54) is 6.42 Å². The summed E-state index contributed by atoms with van der Waals surface area (Å²) in [6.07, 6.45) is 5.47. The molecule has 7 nitrogen and oxygen atoms in total. The third kappa shape index (κ3) is 4.91. The fourth-order valence-electron chi connectivity index (χ4n) is 4.90. The number of hydrogen-bond acceptors (Lipinski definition) is 5. The summed E-state index contributed by atoms with van der Waals surface area (Å²) in [7, 11) is 0. The molecule has 1 saturated carbocycles. The first-order valence-corrected chi connectivity index (χ1v) is 13.0. The zero-order valence-electron chi connectivity index (χ0n) is 21.0. The second-order valence-corrected chi connectivity index (χ2v) is 9.73. The zero-order chi connectivity index (χ0) is 25.1. The van der Waals surface area contributed by atoms with Gasteiger partial charge in [0.25, 0.3) is 0 Å². The molecule has 0 radical (unpaired) electrons. The van der Waals surface area contributed by atoms with Gasteiger partial charge in [-0.3, -0.25) is 5.32 Å². The summed E-state index contributed by atoms with van der Waals surface area (Å²) in [5.41, 5.74) is 4.24. The number of aromatic nitrogens is 1. The molecule has 0 unspecified atom stereocenters. The van der Waals surface area contributed by atoms with Gasteiger partial charge in [-0.25, -0.2) is 4.79 Å². The Kier molecular flexibility index (Phi) is 7.15. The van der Waals surface area contributed by atoms with E-state index < -0.39 is 6.09 Å². The predicted molar refractivity (Wildman–Crippen MR) is 139 cm³/mol. The highest BCUT2D eigenvalue weighted by Gasteiger charge is 2.28. The van der Waals surface area contributed by atoms with Crippen LogP contribution >= 0.6 is 0 Å². The quantitative estimate of drug-likeness (QED) is 0.396. The second kappa shape index (κ2) is 10.6. The third-order valence-electron chi connectivity index (χ3n) is 7.29. The molecule has 1 N–H and O–H groups in total. The van der Waals surface area contributed by atoms with Crippen molar-refractivity contribution in [2.24, 2.45) is 0 Å². The monoisotopic (exact) mass is 487 g/mol. The number of rotatable bonds is 7. The van der Waals surface area contributed by atoms with Crippen molar-refractivity contribution in [2.45, 2.75) is 70.6 Å². The summed E-state index contributed by atoms with van der Waals surface area (Å²) in [4.78, 5) is 12.1. The fraction of sp³-hybridized carbons (Fsp3) is 0.448. The molecule has 5 rings (SSSR count). The molecule has 1 aliphatic carbocycles. The highest BCUT2D eigenvalue weighted by Crippen LogP contribution is 2.43. The molecule has 7 heteroatoms. The molecule has 2 aromatic carbocycles. The van der Waals surface area contributed by atoms with Gasteiger partial charge in [-0.05, 0) is 62.4 Å². The lowest BCUT2D eigenvalue weighted by Gasteiger charge is -2.30. The Balaban J connectivity index is 1.49. The van der Waals surface area contributed by atoms with E-state index in [4.69, 9.17) is 14.2 Å². The van der Waals surface area contributed by atoms with Gasteiger partial charge in [-0.15, -0.1) is 0 Å². The SMILES string of the molecule is CC[C@H](C)OC(=O)Nc1ccc(-c2c(C#N)c3ccc(OC4CCOCC4)cc3n2C2CCC2)cc1. The van der Waals surface area contributed by atoms with Crippen LogP contribution in [0.4, 0.5) is 10.5 Å². The van der Waals surface area contributed by atoms with Gasteiger partial charge in [0.2, 0.25) is 0 Å². The van der Waals surface area contributed by atoms with E-state index in [1.54, 1.807) is 0 Å². The Morgan fingerprint density at radius 2 is 1.92 bits per heavy atom. The number of fused-ring (bicyclic) bond motifs is 1. The van der Waals surface area contributed by atoms with E-state index in [0.29, 0.717) is 17.3 Å². The van der Waals surface area contributed by atoms with Crippen molar-refractivity contribution in [1.29, 1.82) is 5.26 Å². The van der Waals surface area contributed by atoms with Crippen molar-refractivity contribution >= 4 is 22.7 Å². The highest BCUT2D eigenvalue weighted by molar-refractivity contribution is 5.96. The largest absolute Gasteiger partial charge is 0.490 e. The van der Waals surface area contributed by atoms with Gasteiger partial charge in [0.15, 0.2) is 0 Å². The summed E-state index contributed by atoms with van der Waals surface area (Å²) >= 11 is 0. The van der Waals surface area contributed by atoms with Gasteiger partial charge >= 0.3 is 6.09 Å². The number of nitriles is 1. The molecule has 0 bridgehead atoms. The second-order valence-electron chi connectivity index (χ2n) is 9.73. The first-order chi connectivity index (χ1) is 17.6. The molecule has 1 aliphatic heterocycles. The fourth-order valence-corrected chi connectivity index (χ4v) is 4.90. The Morgan fingerprint density at radius 3 is 2.56 bits per heavy atom. The van der Waals surface area contributed by atoms with Crippen molar-refractivity contribution in [3.63, 3.8) is 0 Å². The number of nitrogens with one attached hydrogen (secondary N) is 1. The number of benzene rings is 2.